The highest BCUT2D eigenvalue weighted by atomic mass is 32.1. The van der Waals surface area contributed by atoms with E-state index < -0.39 is 0 Å². The zero-order chi connectivity index (χ0) is 37.5. The smallest absolute Gasteiger partial charge is 0.124 e. The van der Waals surface area contributed by atoms with Gasteiger partial charge in [0.05, 0.1) is 49.2 Å². The first-order chi connectivity index (χ1) is 28.2. The van der Waals surface area contributed by atoms with Crippen molar-refractivity contribution in [3.8, 4) is 44.5 Å². The SMILES string of the molecule is C1=Cc2c(n(-c3ccc(-c4nc5cc(-c6nc7ccccc7s6)ccc5nc4-c4ccc(-n5c6ccccc6c6ccccc65)cc4)cc3)c3ccccc23)CC1. The summed E-state index contributed by atoms with van der Waals surface area (Å²) in [7, 11) is 0. The summed E-state index contributed by atoms with van der Waals surface area (Å²) in [6, 6.07) is 58.3. The van der Waals surface area contributed by atoms with E-state index in [1.807, 2.05) is 6.07 Å². The Kier molecular flexibility index (Phi) is 7.16. The molecule has 0 bridgehead atoms. The lowest BCUT2D eigenvalue weighted by atomic mass is 10.0. The fourth-order valence-corrected chi connectivity index (χ4v) is 9.75. The van der Waals surface area contributed by atoms with Gasteiger partial charge in [-0.3, -0.25) is 0 Å². The van der Waals surface area contributed by atoms with Crippen LogP contribution in [0.2, 0.25) is 0 Å². The predicted octanol–water partition coefficient (Wildman–Crippen LogP) is 13.2. The van der Waals surface area contributed by atoms with Crippen LogP contribution in [0.15, 0.2) is 170 Å². The molecule has 0 N–H and O–H groups in total. The number of benzene rings is 7. The van der Waals surface area contributed by atoms with Crippen molar-refractivity contribution in [2.24, 2.45) is 0 Å². The monoisotopic (exact) mass is 747 g/mol. The highest BCUT2D eigenvalue weighted by Crippen LogP contribution is 2.38. The van der Waals surface area contributed by atoms with Gasteiger partial charge < -0.3 is 9.13 Å². The van der Waals surface area contributed by atoms with Gasteiger partial charge in [0.25, 0.3) is 0 Å². The molecule has 0 fully saturated rings. The van der Waals surface area contributed by atoms with Crippen LogP contribution in [0.5, 0.6) is 0 Å². The molecule has 5 nitrogen and oxygen atoms in total. The zero-order valence-corrected chi connectivity index (χ0v) is 31.6. The maximum atomic E-state index is 5.42. The van der Waals surface area contributed by atoms with Crippen LogP contribution in [0.25, 0.3) is 104 Å². The normalized spacial score (nSPS) is 12.7. The van der Waals surface area contributed by atoms with Gasteiger partial charge in [0.1, 0.15) is 5.01 Å². The molecule has 7 aromatic carbocycles. The highest BCUT2D eigenvalue weighted by molar-refractivity contribution is 7.21. The maximum Gasteiger partial charge on any atom is 0.124 e. The van der Waals surface area contributed by atoms with Crippen LogP contribution in [0, 0.1) is 0 Å². The van der Waals surface area contributed by atoms with E-state index in [-0.39, 0.29) is 0 Å². The lowest BCUT2D eigenvalue weighted by Gasteiger charge is -2.15. The van der Waals surface area contributed by atoms with Crippen LogP contribution in [-0.4, -0.2) is 24.1 Å². The molecule has 1 aliphatic rings. The summed E-state index contributed by atoms with van der Waals surface area (Å²) in [4.78, 5) is 15.7. The fraction of sp³-hybridized carbons (Fsp3) is 0.0392. The van der Waals surface area contributed by atoms with Gasteiger partial charge in [-0.25, -0.2) is 15.0 Å². The van der Waals surface area contributed by atoms with Crippen molar-refractivity contribution in [3.05, 3.63) is 181 Å². The Morgan fingerprint density at radius 2 is 1.02 bits per heavy atom. The minimum absolute atomic E-state index is 0.841. The van der Waals surface area contributed by atoms with E-state index in [2.05, 4.69) is 179 Å². The van der Waals surface area contributed by atoms with Crippen LogP contribution in [0.4, 0.5) is 0 Å². The van der Waals surface area contributed by atoms with Gasteiger partial charge in [-0.15, -0.1) is 11.3 Å². The predicted molar refractivity (Wildman–Crippen MR) is 238 cm³/mol. The topological polar surface area (TPSA) is 48.5 Å². The molecule has 4 heterocycles. The van der Waals surface area contributed by atoms with Crippen molar-refractivity contribution in [1.29, 1.82) is 0 Å². The number of rotatable bonds is 5. The first-order valence-electron chi connectivity index (χ1n) is 19.4. The second kappa shape index (κ2) is 12.7. The lowest BCUT2D eigenvalue weighted by molar-refractivity contribution is 0.888. The summed E-state index contributed by atoms with van der Waals surface area (Å²) in [6.45, 7) is 0. The second-order valence-corrected chi connectivity index (χ2v) is 15.8. The average Bonchev–Trinajstić information content (AvgIpc) is 3.97. The van der Waals surface area contributed by atoms with Gasteiger partial charge in [0.15, 0.2) is 0 Å². The maximum absolute atomic E-state index is 5.42. The van der Waals surface area contributed by atoms with Crippen molar-refractivity contribution in [2.75, 3.05) is 0 Å². The van der Waals surface area contributed by atoms with Crippen molar-refractivity contribution in [1.82, 2.24) is 24.1 Å². The lowest BCUT2D eigenvalue weighted by Crippen LogP contribution is -2.03. The molecule has 0 saturated heterocycles. The number of fused-ring (bicyclic) bond motifs is 8. The van der Waals surface area contributed by atoms with Crippen molar-refractivity contribution >= 4 is 71.4 Å². The quantitative estimate of drug-likeness (QED) is 0.176. The summed E-state index contributed by atoms with van der Waals surface area (Å²) in [6.07, 6.45) is 6.65. The van der Waals surface area contributed by atoms with E-state index in [1.165, 1.54) is 48.7 Å². The minimum atomic E-state index is 0.841. The van der Waals surface area contributed by atoms with Crippen LogP contribution in [0.1, 0.15) is 17.7 Å². The van der Waals surface area contributed by atoms with Crippen molar-refractivity contribution < 1.29 is 0 Å². The highest BCUT2D eigenvalue weighted by Gasteiger charge is 2.20. The molecule has 57 heavy (non-hydrogen) atoms. The van der Waals surface area contributed by atoms with E-state index >= 15 is 0 Å². The minimum Gasteiger partial charge on any atom is -0.313 e. The Labute approximate surface area is 332 Å². The van der Waals surface area contributed by atoms with E-state index in [0.29, 0.717) is 0 Å². The molecule has 6 heteroatoms. The molecule has 0 aliphatic heterocycles. The van der Waals surface area contributed by atoms with E-state index in [0.717, 1.165) is 73.9 Å². The first-order valence-corrected chi connectivity index (χ1v) is 20.2. The van der Waals surface area contributed by atoms with Crippen molar-refractivity contribution in [2.45, 2.75) is 12.8 Å². The van der Waals surface area contributed by atoms with E-state index in [4.69, 9.17) is 15.0 Å². The number of nitrogens with zero attached hydrogens (tertiary/aromatic N) is 5. The van der Waals surface area contributed by atoms with Gasteiger partial charge in [0.2, 0.25) is 0 Å². The van der Waals surface area contributed by atoms with Crippen molar-refractivity contribution in [3.63, 3.8) is 0 Å². The molecule has 268 valence electrons. The number of thiazole rings is 1. The number of aromatic nitrogens is 5. The molecule has 0 amide bonds. The Morgan fingerprint density at radius 3 is 1.70 bits per heavy atom. The number of hydrogen-bond acceptors (Lipinski definition) is 4. The Balaban J connectivity index is 1.01. The standard InChI is InChI=1S/C51H33N5S/c1-6-16-44-37(11-1)38-12-2-7-17-45(38)55(44)35-26-21-32(22-27-35)49-50(53-43-31-34(25-30-41(43)52-49)51-54-42-15-5-10-20-48(42)57-51)33-23-28-36(29-24-33)56-46-18-8-3-13-39(46)40-14-4-9-19-47(40)56/h1-8,10-18,20-31H,9,19H2. The molecule has 4 aromatic heterocycles. The van der Waals surface area contributed by atoms with Crippen LogP contribution in [0.3, 0.4) is 0 Å². The molecule has 1 aliphatic carbocycles. The zero-order valence-electron chi connectivity index (χ0n) is 30.8. The van der Waals surface area contributed by atoms with Gasteiger partial charge in [-0.05, 0) is 85.6 Å². The largest absolute Gasteiger partial charge is 0.313 e. The van der Waals surface area contributed by atoms with Crippen LogP contribution < -0.4 is 0 Å². The molecule has 0 unspecified atom stereocenters. The van der Waals surface area contributed by atoms with Crippen LogP contribution in [-0.2, 0) is 6.42 Å². The fourth-order valence-electron chi connectivity index (χ4n) is 8.79. The Morgan fingerprint density at radius 1 is 0.456 bits per heavy atom. The second-order valence-electron chi connectivity index (χ2n) is 14.7. The third-order valence-electron chi connectivity index (χ3n) is 11.4. The molecule has 0 atom stereocenters. The van der Waals surface area contributed by atoms with E-state index in [9.17, 15) is 0 Å². The number of hydrogen-bond donors (Lipinski definition) is 0. The van der Waals surface area contributed by atoms with Gasteiger partial charge in [-0.2, -0.15) is 0 Å². The molecule has 12 rings (SSSR count). The van der Waals surface area contributed by atoms with Gasteiger partial charge in [0, 0.05) is 55.5 Å². The summed E-state index contributed by atoms with van der Waals surface area (Å²) in [5.74, 6) is 0. The third-order valence-corrected chi connectivity index (χ3v) is 12.5. The van der Waals surface area contributed by atoms with Gasteiger partial charge >= 0.3 is 0 Å². The summed E-state index contributed by atoms with van der Waals surface area (Å²) in [5.41, 5.74) is 16.0. The summed E-state index contributed by atoms with van der Waals surface area (Å²) >= 11 is 1.70. The Bertz CT molecular complexity index is 3310. The molecule has 0 saturated carbocycles. The number of allylic oxidation sites excluding steroid dienone is 1. The Hall–Kier alpha value is -7.15. The van der Waals surface area contributed by atoms with Gasteiger partial charge in [-0.1, -0.05) is 103 Å². The first kappa shape index (κ1) is 32.1. The molecule has 11 aromatic rings. The van der Waals surface area contributed by atoms with E-state index in [1.54, 1.807) is 11.3 Å². The molecular weight excluding hydrogens is 715 g/mol. The molecule has 0 spiro atoms. The van der Waals surface area contributed by atoms with Crippen LogP contribution >= 0.6 is 11.3 Å². The summed E-state index contributed by atoms with van der Waals surface area (Å²) in [5, 5.41) is 4.77. The molecule has 0 radical (unpaired) electrons. The number of para-hydroxylation sites is 4. The third kappa shape index (κ3) is 5.11. The molecular formula is C51H33N5S. The summed E-state index contributed by atoms with van der Waals surface area (Å²) < 4.78 is 5.96. The average molecular weight is 748 g/mol.